The predicted octanol–water partition coefficient (Wildman–Crippen LogP) is 6.62. The average Bonchev–Trinajstić information content (AvgIpc) is 3.79. The summed E-state index contributed by atoms with van der Waals surface area (Å²) in [6.45, 7) is 4.07. The van der Waals surface area contributed by atoms with Crippen LogP contribution in [0.4, 0.5) is 24.8 Å². The number of aromatic nitrogens is 5. The van der Waals surface area contributed by atoms with Crippen LogP contribution in [0.3, 0.4) is 0 Å². The van der Waals surface area contributed by atoms with Crippen molar-refractivity contribution in [2.75, 3.05) is 57.2 Å². The van der Waals surface area contributed by atoms with E-state index in [2.05, 4.69) is 30.2 Å². The number of carbonyl (C=O) groups is 3. The van der Waals surface area contributed by atoms with Crippen molar-refractivity contribution in [3.05, 3.63) is 59.2 Å². The number of hydrogen-bond donors (Lipinski definition) is 2. The topological polar surface area (TPSA) is 156 Å². The Morgan fingerprint density at radius 3 is 2.42 bits per heavy atom. The number of piperidine rings is 1. The smallest absolute Gasteiger partial charge is 0.418 e. The van der Waals surface area contributed by atoms with Gasteiger partial charge in [-0.05, 0) is 69.7 Å². The highest BCUT2D eigenvalue weighted by atomic mass is 19.4. The number of H-pyrrole nitrogens is 1. The Morgan fingerprint density at radius 2 is 1.78 bits per heavy atom. The highest BCUT2D eigenvalue weighted by molar-refractivity contribution is 6.03. The molecule has 4 aromatic heterocycles. The van der Waals surface area contributed by atoms with Crippen LogP contribution in [0.25, 0.3) is 22.4 Å². The Morgan fingerprint density at radius 1 is 1.04 bits per heavy atom. The Balaban J connectivity index is 1.14. The van der Waals surface area contributed by atoms with E-state index in [9.17, 15) is 27.6 Å². The minimum atomic E-state index is -4.58. The molecule has 2 amide bonds. The molecule has 1 saturated heterocycles. The van der Waals surface area contributed by atoms with Gasteiger partial charge < -0.3 is 24.3 Å². The highest BCUT2D eigenvalue weighted by Gasteiger charge is 2.40. The molecule has 16 heteroatoms. The van der Waals surface area contributed by atoms with Crippen molar-refractivity contribution in [3.8, 4) is 11.3 Å². The fraction of sp³-hybridized carbons (Fsp3) is 0.513. The Labute approximate surface area is 316 Å². The van der Waals surface area contributed by atoms with E-state index in [0.29, 0.717) is 75.3 Å². The molecule has 2 saturated carbocycles. The number of rotatable bonds is 12. The Hall–Kier alpha value is -5.12. The van der Waals surface area contributed by atoms with Crippen molar-refractivity contribution < 1.29 is 37.0 Å². The van der Waals surface area contributed by atoms with Crippen molar-refractivity contribution in [2.24, 2.45) is 11.3 Å². The molecule has 2 aliphatic carbocycles. The minimum Gasteiger partial charge on any atom is -0.466 e. The molecular weight excluding hydrogens is 717 g/mol. The van der Waals surface area contributed by atoms with Crippen LogP contribution >= 0.6 is 0 Å². The standard InChI is InChI=1S/C39H45F3N8O5/c1-4-55-36(53)24-11-15-50(16-12-24)35(52)25-9-10-28(43-19-25)34(51)48-37-46-32-30(49(2)21-38(22-54-3)13-5-6-14-38)18-29(45-33(32)47-37)26-17-27(39(40,41)42)31(44-20-26)23-7-8-23/h9-10,17-20,23-24H,4-8,11-16,21-22H2,1-3H3,(H2,45,46,47,48,51). The van der Waals surface area contributed by atoms with Gasteiger partial charge in [0.15, 0.2) is 5.65 Å². The van der Waals surface area contributed by atoms with E-state index in [-0.39, 0.29) is 63.4 Å². The summed E-state index contributed by atoms with van der Waals surface area (Å²) in [5.41, 5.74) is 1.33. The number of hydrogen-bond acceptors (Lipinski definition) is 10. The quantitative estimate of drug-likeness (QED) is 0.151. The number of nitrogens with zero attached hydrogens (tertiary/aromatic N) is 6. The van der Waals surface area contributed by atoms with E-state index in [0.717, 1.165) is 31.7 Å². The molecule has 0 spiro atoms. The van der Waals surface area contributed by atoms with Gasteiger partial charge in [0.2, 0.25) is 5.95 Å². The van der Waals surface area contributed by atoms with E-state index in [1.165, 1.54) is 24.5 Å². The van der Waals surface area contributed by atoms with Crippen LogP contribution in [-0.2, 0) is 20.4 Å². The first-order valence-electron chi connectivity index (χ1n) is 18.8. The van der Waals surface area contributed by atoms with Gasteiger partial charge in [-0.3, -0.25) is 29.7 Å². The number of halogens is 3. The van der Waals surface area contributed by atoms with E-state index < -0.39 is 17.6 Å². The van der Waals surface area contributed by atoms with Gasteiger partial charge >= 0.3 is 12.1 Å². The number of amides is 2. The van der Waals surface area contributed by atoms with E-state index in [1.807, 2.05) is 11.9 Å². The molecule has 3 fully saturated rings. The largest absolute Gasteiger partial charge is 0.466 e. The highest BCUT2D eigenvalue weighted by Crippen LogP contribution is 2.46. The van der Waals surface area contributed by atoms with Crippen LogP contribution in [0.5, 0.6) is 0 Å². The number of anilines is 2. The molecule has 2 N–H and O–H groups in total. The summed E-state index contributed by atoms with van der Waals surface area (Å²) in [5.74, 6) is -1.45. The second kappa shape index (κ2) is 15.6. The van der Waals surface area contributed by atoms with Crippen LogP contribution in [0.1, 0.15) is 96.3 Å². The fourth-order valence-electron chi connectivity index (χ4n) is 7.96. The number of imidazole rings is 1. The molecule has 4 aromatic rings. The number of methoxy groups -OCH3 is 1. The zero-order valence-corrected chi connectivity index (χ0v) is 31.2. The number of carbonyl (C=O) groups excluding carboxylic acids is 3. The first-order valence-corrected chi connectivity index (χ1v) is 18.8. The number of pyridine rings is 3. The van der Waals surface area contributed by atoms with Gasteiger partial charge in [0, 0.05) is 63.1 Å². The van der Waals surface area contributed by atoms with Crippen LogP contribution in [0, 0.1) is 11.3 Å². The molecular formula is C39H45F3N8O5. The van der Waals surface area contributed by atoms with E-state index in [1.54, 1.807) is 25.0 Å². The first-order chi connectivity index (χ1) is 26.4. The Bertz CT molecular complexity index is 2050. The third-order valence-corrected chi connectivity index (χ3v) is 10.9. The lowest BCUT2D eigenvalue weighted by Gasteiger charge is -2.34. The van der Waals surface area contributed by atoms with Gasteiger partial charge in [0.05, 0.1) is 47.3 Å². The number of likely N-dealkylation sites (tertiary alicyclic amines) is 1. The summed E-state index contributed by atoms with van der Waals surface area (Å²) in [4.78, 5) is 63.2. The van der Waals surface area contributed by atoms with Crippen LogP contribution in [0.2, 0.25) is 0 Å². The van der Waals surface area contributed by atoms with Gasteiger partial charge in [0.25, 0.3) is 11.8 Å². The number of esters is 1. The summed E-state index contributed by atoms with van der Waals surface area (Å²) in [6, 6.07) is 5.81. The summed E-state index contributed by atoms with van der Waals surface area (Å²) < 4.78 is 53.4. The molecule has 0 bridgehead atoms. The monoisotopic (exact) mass is 762 g/mol. The lowest BCUT2D eigenvalue weighted by molar-refractivity contribution is -0.149. The summed E-state index contributed by atoms with van der Waals surface area (Å²) in [6.07, 6.45) is 4.67. The second-order valence-electron chi connectivity index (χ2n) is 14.9. The van der Waals surface area contributed by atoms with Gasteiger partial charge in [0.1, 0.15) is 11.2 Å². The van der Waals surface area contributed by atoms with Gasteiger partial charge in [-0.25, -0.2) is 4.98 Å². The molecule has 0 unspecified atom stereocenters. The second-order valence-corrected chi connectivity index (χ2v) is 14.9. The van der Waals surface area contributed by atoms with Crippen molar-refractivity contribution >= 4 is 40.6 Å². The molecule has 0 radical (unpaired) electrons. The maximum absolute atomic E-state index is 14.2. The molecule has 1 aliphatic heterocycles. The number of nitrogens with one attached hydrogen (secondary N) is 2. The third kappa shape index (κ3) is 8.28. The number of alkyl halides is 3. The maximum atomic E-state index is 14.2. The number of aromatic amines is 1. The van der Waals surface area contributed by atoms with Crippen LogP contribution in [0.15, 0.2) is 36.7 Å². The lowest BCUT2D eigenvalue weighted by Crippen LogP contribution is -2.40. The predicted molar refractivity (Wildman–Crippen MR) is 198 cm³/mol. The molecule has 292 valence electrons. The van der Waals surface area contributed by atoms with Crippen LogP contribution < -0.4 is 10.2 Å². The minimum absolute atomic E-state index is 0.0354. The van der Waals surface area contributed by atoms with E-state index >= 15 is 0 Å². The molecule has 7 rings (SSSR count). The van der Waals surface area contributed by atoms with E-state index in [4.69, 9.17) is 9.47 Å². The SMILES string of the molecule is CCOC(=O)C1CCN(C(=O)c2ccc(C(=O)Nc3nc4nc(-c5cnc(C6CC6)c(C(F)(F)F)c5)cc(N(C)CC5(COC)CCCC5)c4[nH]3)nc2)CC1. The van der Waals surface area contributed by atoms with Gasteiger partial charge in [-0.2, -0.15) is 18.2 Å². The maximum Gasteiger partial charge on any atom is 0.418 e. The van der Waals surface area contributed by atoms with Crippen LogP contribution in [-0.4, -0.2) is 94.6 Å². The molecule has 5 heterocycles. The summed E-state index contributed by atoms with van der Waals surface area (Å²) >= 11 is 0. The van der Waals surface area contributed by atoms with Crippen molar-refractivity contribution in [2.45, 2.75) is 70.4 Å². The first kappa shape index (κ1) is 38.2. The third-order valence-electron chi connectivity index (χ3n) is 10.9. The fourth-order valence-corrected chi connectivity index (χ4v) is 7.96. The summed E-state index contributed by atoms with van der Waals surface area (Å²) in [7, 11) is 3.60. The molecule has 55 heavy (non-hydrogen) atoms. The number of ether oxygens (including phenoxy) is 2. The molecule has 0 aromatic carbocycles. The van der Waals surface area contributed by atoms with Crippen molar-refractivity contribution in [1.29, 1.82) is 0 Å². The van der Waals surface area contributed by atoms with Gasteiger partial charge in [-0.15, -0.1) is 0 Å². The normalized spacial score (nSPS) is 17.4. The number of fused-ring (bicyclic) bond motifs is 1. The average molecular weight is 763 g/mol. The van der Waals surface area contributed by atoms with Crippen molar-refractivity contribution in [3.63, 3.8) is 0 Å². The summed E-state index contributed by atoms with van der Waals surface area (Å²) in [5, 5.41) is 2.72. The van der Waals surface area contributed by atoms with Crippen molar-refractivity contribution in [1.82, 2.24) is 29.8 Å². The zero-order chi connectivity index (χ0) is 38.9. The zero-order valence-electron chi connectivity index (χ0n) is 31.2. The molecule has 3 aliphatic rings. The Kier molecular flexibility index (Phi) is 10.8. The molecule has 0 atom stereocenters. The van der Waals surface area contributed by atoms with Gasteiger partial charge in [-0.1, -0.05) is 12.8 Å². The lowest BCUT2D eigenvalue weighted by atomic mass is 9.86. The molecule has 13 nitrogen and oxygen atoms in total.